The van der Waals surface area contributed by atoms with E-state index in [9.17, 15) is 14.0 Å². The Balaban J connectivity index is 1.69. The molecular weight excluding hydrogens is 389 g/mol. The van der Waals surface area contributed by atoms with E-state index >= 15 is 0 Å². The van der Waals surface area contributed by atoms with Gasteiger partial charge < -0.3 is 5.32 Å². The van der Waals surface area contributed by atoms with Crippen molar-refractivity contribution in [3.8, 4) is 0 Å². The predicted molar refractivity (Wildman–Crippen MR) is 114 cm³/mol. The molecule has 1 saturated carbocycles. The number of amides is 2. The van der Waals surface area contributed by atoms with Crippen LogP contribution in [0.5, 0.6) is 0 Å². The molecule has 1 heterocycles. The first-order valence-corrected chi connectivity index (χ1v) is 10.7. The van der Waals surface area contributed by atoms with Crippen LogP contribution < -0.4 is 10.2 Å². The lowest BCUT2D eigenvalue weighted by atomic mass is 9.78. The quantitative estimate of drug-likeness (QED) is 0.705. The minimum Gasteiger partial charge on any atom is -0.350 e. The number of carbonyl (C=O) groups is 2. The molecule has 1 aromatic heterocycles. The minimum absolute atomic E-state index is 0.150. The highest BCUT2D eigenvalue weighted by Gasteiger charge is 2.27. The van der Waals surface area contributed by atoms with Crippen molar-refractivity contribution in [2.75, 3.05) is 4.90 Å². The van der Waals surface area contributed by atoms with Gasteiger partial charge in [-0.05, 0) is 36.5 Å². The van der Waals surface area contributed by atoms with Crippen LogP contribution in [-0.2, 0) is 9.59 Å². The van der Waals surface area contributed by atoms with Gasteiger partial charge in [0.1, 0.15) is 5.82 Å². The van der Waals surface area contributed by atoms with Crippen molar-refractivity contribution in [3.05, 3.63) is 47.2 Å². The van der Waals surface area contributed by atoms with Crippen LogP contribution in [0.15, 0.2) is 35.7 Å². The second kappa shape index (κ2) is 9.31. The molecule has 0 spiro atoms. The molecule has 1 fully saturated rings. The predicted octanol–water partition coefficient (Wildman–Crippen LogP) is 4.92. The monoisotopic (exact) mass is 415 g/mol. The van der Waals surface area contributed by atoms with E-state index in [-0.39, 0.29) is 23.5 Å². The second-order valence-electron chi connectivity index (χ2n) is 7.58. The maximum Gasteiger partial charge on any atom is 0.244 e. The number of nitrogens with one attached hydrogen (secondary N) is 1. The topological polar surface area (TPSA) is 62.3 Å². The zero-order valence-corrected chi connectivity index (χ0v) is 17.7. The summed E-state index contributed by atoms with van der Waals surface area (Å²) in [5.74, 6) is 0.0818. The van der Waals surface area contributed by atoms with Crippen LogP contribution in [0.2, 0.25) is 0 Å². The third kappa shape index (κ3) is 5.09. The van der Waals surface area contributed by atoms with Crippen molar-refractivity contribution in [2.45, 2.75) is 46.1 Å². The number of para-hydroxylation sites is 1. The van der Waals surface area contributed by atoms with E-state index in [1.807, 2.05) is 0 Å². The smallest absolute Gasteiger partial charge is 0.244 e. The molecule has 1 aliphatic rings. The molecule has 3 atom stereocenters. The molecule has 0 aliphatic heterocycles. The number of thiazole rings is 1. The van der Waals surface area contributed by atoms with E-state index in [1.165, 1.54) is 47.8 Å². The van der Waals surface area contributed by atoms with Gasteiger partial charge in [0.25, 0.3) is 0 Å². The highest BCUT2D eigenvalue weighted by atomic mass is 32.1. The number of hydrogen-bond acceptors (Lipinski definition) is 4. The molecule has 3 unspecified atom stereocenters. The van der Waals surface area contributed by atoms with Crippen LogP contribution in [0.4, 0.5) is 15.2 Å². The molecule has 2 aromatic rings. The molecule has 0 radical (unpaired) electrons. The Morgan fingerprint density at radius 1 is 1.28 bits per heavy atom. The highest BCUT2D eigenvalue weighted by Crippen LogP contribution is 2.31. The first-order valence-electron chi connectivity index (χ1n) is 9.86. The fourth-order valence-corrected chi connectivity index (χ4v) is 4.52. The normalized spacial score (nSPS) is 21.9. The van der Waals surface area contributed by atoms with E-state index in [4.69, 9.17) is 0 Å². The second-order valence-corrected chi connectivity index (χ2v) is 8.41. The van der Waals surface area contributed by atoms with Gasteiger partial charge >= 0.3 is 0 Å². The average Bonchev–Trinajstić information content (AvgIpc) is 3.14. The summed E-state index contributed by atoms with van der Waals surface area (Å²) in [5.41, 5.74) is 0.704. The average molecular weight is 416 g/mol. The van der Waals surface area contributed by atoms with Gasteiger partial charge in [0.2, 0.25) is 11.8 Å². The lowest BCUT2D eigenvalue weighted by molar-refractivity contribution is -0.118. The molecule has 5 nitrogen and oxygen atoms in total. The molecule has 1 aromatic carbocycles. The zero-order valence-electron chi connectivity index (χ0n) is 16.9. The highest BCUT2D eigenvalue weighted by molar-refractivity contribution is 7.14. The Bertz CT molecular complexity index is 911. The molecule has 7 heteroatoms. The van der Waals surface area contributed by atoms with E-state index in [1.54, 1.807) is 23.6 Å². The molecular formula is C22H26FN3O2S. The summed E-state index contributed by atoms with van der Waals surface area (Å²) in [5, 5.41) is 5.18. The number of aromatic nitrogens is 1. The largest absolute Gasteiger partial charge is 0.350 e. The standard InChI is InChI=1S/C22H26FN3O2S/c1-14-7-6-9-19(15(14)2)25-21(28)12-11-17-13-29-22(24-17)26(16(3)27)20-10-5-4-8-18(20)23/h4-5,8,10-15,19H,6-7,9H2,1-3H3,(H,25,28)/b12-11+. The number of carbonyl (C=O) groups excluding carboxylic acids is 2. The summed E-state index contributed by atoms with van der Waals surface area (Å²) >= 11 is 1.22. The van der Waals surface area contributed by atoms with Crippen LogP contribution in [0.25, 0.3) is 6.08 Å². The van der Waals surface area contributed by atoms with Crippen LogP contribution in [0.3, 0.4) is 0 Å². The van der Waals surface area contributed by atoms with Gasteiger partial charge in [-0.2, -0.15) is 0 Å². The Labute approximate surface area is 174 Å². The maximum atomic E-state index is 14.1. The Morgan fingerprint density at radius 3 is 2.76 bits per heavy atom. The summed E-state index contributed by atoms with van der Waals surface area (Å²) in [6.07, 6.45) is 6.42. The number of anilines is 2. The molecule has 29 heavy (non-hydrogen) atoms. The van der Waals surface area contributed by atoms with E-state index < -0.39 is 5.82 Å². The number of nitrogens with zero attached hydrogens (tertiary/aromatic N) is 2. The molecule has 1 N–H and O–H groups in total. The summed E-state index contributed by atoms with van der Waals surface area (Å²) in [6, 6.07) is 6.26. The molecule has 0 saturated heterocycles. The lowest BCUT2D eigenvalue weighted by Gasteiger charge is -2.34. The van der Waals surface area contributed by atoms with Crippen LogP contribution in [0.1, 0.15) is 45.7 Å². The minimum atomic E-state index is -0.495. The van der Waals surface area contributed by atoms with Crippen molar-refractivity contribution < 1.29 is 14.0 Å². The molecule has 1 aliphatic carbocycles. The van der Waals surface area contributed by atoms with Gasteiger partial charge in [-0.25, -0.2) is 9.37 Å². The number of benzene rings is 1. The molecule has 0 bridgehead atoms. The Hall–Kier alpha value is -2.54. The van der Waals surface area contributed by atoms with Crippen LogP contribution in [-0.4, -0.2) is 22.8 Å². The van der Waals surface area contributed by atoms with Crippen LogP contribution in [0, 0.1) is 17.7 Å². The van der Waals surface area contributed by atoms with Gasteiger partial charge in [0.05, 0.1) is 11.4 Å². The van der Waals surface area contributed by atoms with Crippen molar-refractivity contribution in [2.24, 2.45) is 11.8 Å². The summed E-state index contributed by atoms with van der Waals surface area (Å²) in [4.78, 5) is 30.0. The summed E-state index contributed by atoms with van der Waals surface area (Å²) in [6.45, 7) is 5.78. The van der Waals surface area contributed by atoms with Gasteiger partial charge in [0, 0.05) is 24.4 Å². The SMILES string of the molecule is CC(=O)N(c1nc(/C=C/C(=O)NC2CCCC(C)C2C)cs1)c1ccccc1F. The zero-order chi connectivity index (χ0) is 21.0. The molecule has 2 amide bonds. The number of hydrogen-bond donors (Lipinski definition) is 1. The van der Waals surface area contributed by atoms with Crippen LogP contribution >= 0.6 is 11.3 Å². The van der Waals surface area contributed by atoms with Gasteiger partial charge in [-0.3, -0.25) is 14.5 Å². The summed E-state index contributed by atoms with van der Waals surface area (Å²) in [7, 11) is 0. The van der Waals surface area contributed by atoms with Crippen molar-refractivity contribution in [1.29, 1.82) is 0 Å². The molecule has 3 rings (SSSR count). The van der Waals surface area contributed by atoms with Gasteiger partial charge in [-0.15, -0.1) is 11.3 Å². The van der Waals surface area contributed by atoms with E-state index in [2.05, 4.69) is 24.1 Å². The van der Waals surface area contributed by atoms with Crippen molar-refractivity contribution in [3.63, 3.8) is 0 Å². The summed E-state index contributed by atoms with van der Waals surface area (Å²) < 4.78 is 14.1. The maximum absolute atomic E-state index is 14.1. The van der Waals surface area contributed by atoms with Crippen molar-refractivity contribution in [1.82, 2.24) is 10.3 Å². The Morgan fingerprint density at radius 2 is 2.03 bits per heavy atom. The van der Waals surface area contributed by atoms with E-state index in [0.717, 1.165) is 12.8 Å². The Kier molecular flexibility index (Phi) is 6.79. The number of rotatable bonds is 5. The van der Waals surface area contributed by atoms with Gasteiger partial charge in [0.15, 0.2) is 5.13 Å². The number of halogens is 1. The third-order valence-electron chi connectivity index (χ3n) is 5.55. The fourth-order valence-electron chi connectivity index (χ4n) is 3.67. The first kappa shape index (κ1) is 21.2. The third-order valence-corrected chi connectivity index (χ3v) is 6.39. The lowest BCUT2D eigenvalue weighted by Crippen LogP contribution is -2.43. The van der Waals surface area contributed by atoms with Crippen molar-refractivity contribution >= 4 is 40.0 Å². The molecule has 154 valence electrons. The van der Waals surface area contributed by atoms with E-state index in [0.29, 0.717) is 22.7 Å². The first-order chi connectivity index (χ1) is 13.9. The fraction of sp³-hybridized carbons (Fsp3) is 0.409. The van der Waals surface area contributed by atoms with Gasteiger partial charge in [-0.1, -0.05) is 38.8 Å².